The lowest BCUT2D eigenvalue weighted by Gasteiger charge is -2.05. The molecule has 0 aliphatic rings. The van der Waals surface area contributed by atoms with E-state index in [1.165, 1.54) is 6.21 Å². The fourth-order valence-corrected chi connectivity index (χ4v) is 2.88. The number of benzene rings is 2. The number of rotatable bonds is 6. The van der Waals surface area contributed by atoms with E-state index in [1.54, 1.807) is 19.2 Å². The van der Waals surface area contributed by atoms with Crippen molar-refractivity contribution in [3.8, 4) is 5.75 Å². The number of carbonyl (C=O) groups excluding carboxylic acids is 1. The van der Waals surface area contributed by atoms with Gasteiger partial charge in [0.05, 0.1) is 24.4 Å². The van der Waals surface area contributed by atoms with Gasteiger partial charge in [0.15, 0.2) is 0 Å². The zero-order valence-electron chi connectivity index (χ0n) is 14.5. The van der Waals surface area contributed by atoms with Crippen molar-refractivity contribution in [1.82, 2.24) is 15.4 Å². The van der Waals surface area contributed by atoms with Gasteiger partial charge in [-0.25, -0.2) is 10.4 Å². The molecule has 138 valence electrons. The molecule has 0 fully saturated rings. The third-order valence-electron chi connectivity index (χ3n) is 3.84. The minimum atomic E-state index is -0.311. The number of nitrogens with zero attached hydrogens (tertiary/aromatic N) is 2. The molecule has 0 atom stereocenters. The predicted molar refractivity (Wildman–Crippen MR) is 107 cm³/mol. The molecule has 8 heteroatoms. The van der Waals surface area contributed by atoms with Crippen molar-refractivity contribution in [3.63, 3.8) is 0 Å². The highest BCUT2D eigenvalue weighted by atomic mass is 79.9. The lowest BCUT2D eigenvalue weighted by molar-refractivity contribution is -0.121. The number of amides is 1. The Kier molecular flexibility index (Phi) is 5.97. The number of aromatic amines is 1. The third kappa shape index (κ3) is 4.79. The molecule has 0 bridgehead atoms. The van der Waals surface area contributed by atoms with Crippen LogP contribution < -0.4 is 15.7 Å². The zero-order valence-corrected chi connectivity index (χ0v) is 16.1. The van der Waals surface area contributed by atoms with Gasteiger partial charge in [-0.15, -0.1) is 0 Å². The van der Waals surface area contributed by atoms with Crippen LogP contribution in [0.25, 0.3) is 11.0 Å². The quantitative estimate of drug-likeness (QED) is 0.465. The molecule has 7 nitrogen and oxygen atoms in total. The number of aryl methyl sites for hydroxylation is 1. The first-order valence-electron chi connectivity index (χ1n) is 8.20. The number of nitrogens with one attached hydrogen (secondary N) is 2. The zero-order chi connectivity index (χ0) is 19.2. The normalized spacial score (nSPS) is 11.0. The van der Waals surface area contributed by atoms with Gasteiger partial charge in [-0.1, -0.05) is 28.1 Å². The van der Waals surface area contributed by atoms with Gasteiger partial charge in [0.1, 0.15) is 11.4 Å². The molecule has 1 aromatic heterocycles. The Morgan fingerprint density at radius 3 is 2.96 bits per heavy atom. The van der Waals surface area contributed by atoms with Gasteiger partial charge in [0.2, 0.25) is 5.91 Å². The van der Waals surface area contributed by atoms with Crippen LogP contribution in [0.4, 0.5) is 0 Å². The molecule has 2 aromatic carbocycles. The number of aromatic nitrogens is 2. The highest BCUT2D eigenvalue weighted by Gasteiger charge is 2.08. The molecule has 0 saturated heterocycles. The lowest BCUT2D eigenvalue weighted by Crippen LogP contribution is -2.21. The number of hydrogen-bond acceptors (Lipinski definition) is 5. The van der Waals surface area contributed by atoms with E-state index in [1.807, 2.05) is 30.3 Å². The number of halogens is 1. The molecule has 2 N–H and O–H groups in total. The summed E-state index contributed by atoms with van der Waals surface area (Å²) in [4.78, 5) is 31.1. The largest absolute Gasteiger partial charge is 0.496 e. The van der Waals surface area contributed by atoms with Crippen LogP contribution in [0.1, 0.15) is 17.7 Å². The molecule has 1 heterocycles. The minimum Gasteiger partial charge on any atom is -0.496 e. The van der Waals surface area contributed by atoms with Gasteiger partial charge in [-0.2, -0.15) is 5.10 Å². The Balaban J connectivity index is 1.61. The molecular weight excluding hydrogens is 412 g/mol. The van der Waals surface area contributed by atoms with Crippen LogP contribution >= 0.6 is 15.9 Å². The Labute approximate surface area is 163 Å². The second kappa shape index (κ2) is 8.59. The van der Waals surface area contributed by atoms with Crippen LogP contribution in [0.5, 0.6) is 5.75 Å². The first-order chi connectivity index (χ1) is 13.1. The van der Waals surface area contributed by atoms with Crippen molar-refractivity contribution in [2.45, 2.75) is 12.8 Å². The number of fused-ring (bicyclic) bond motifs is 1. The highest BCUT2D eigenvalue weighted by molar-refractivity contribution is 9.10. The summed E-state index contributed by atoms with van der Waals surface area (Å²) in [7, 11) is 1.56. The van der Waals surface area contributed by atoms with Gasteiger partial charge < -0.3 is 9.72 Å². The van der Waals surface area contributed by atoms with Crippen molar-refractivity contribution in [2.24, 2.45) is 5.10 Å². The Bertz CT molecular complexity index is 1060. The number of ether oxygens (including phenoxy) is 1. The molecule has 3 rings (SSSR count). The van der Waals surface area contributed by atoms with E-state index in [2.05, 4.69) is 36.4 Å². The maximum Gasteiger partial charge on any atom is 0.270 e. The standard InChI is InChI=1S/C19H17BrN4O3/c1-27-17-8-6-13(20)10-12(17)11-21-24-18(25)9-7-16-19(26)23-15-5-3-2-4-14(15)22-16/h2-6,8,10-11H,7,9H2,1H3,(H,23,26)(H,24,25)/b21-11-. The number of H-pyrrole nitrogens is 1. The van der Waals surface area contributed by atoms with Gasteiger partial charge >= 0.3 is 0 Å². The lowest BCUT2D eigenvalue weighted by atomic mass is 10.2. The highest BCUT2D eigenvalue weighted by Crippen LogP contribution is 2.21. The number of para-hydroxylation sites is 2. The SMILES string of the molecule is COc1ccc(Br)cc1/C=N\NC(=O)CCc1nc2ccccc2[nH]c1=O. The van der Waals surface area contributed by atoms with E-state index in [0.717, 1.165) is 10.0 Å². The van der Waals surface area contributed by atoms with Gasteiger partial charge in [0.25, 0.3) is 5.56 Å². The van der Waals surface area contributed by atoms with E-state index in [0.29, 0.717) is 22.5 Å². The Morgan fingerprint density at radius 1 is 1.33 bits per heavy atom. The monoisotopic (exact) mass is 428 g/mol. The van der Waals surface area contributed by atoms with Crippen molar-refractivity contribution < 1.29 is 9.53 Å². The summed E-state index contributed by atoms with van der Waals surface area (Å²) in [6, 6.07) is 12.7. The Hall–Kier alpha value is -3.00. The second-order valence-corrected chi connectivity index (χ2v) is 6.62. The number of carbonyl (C=O) groups is 1. The smallest absolute Gasteiger partial charge is 0.270 e. The molecule has 1 amide bonds. The maximum absolute atomic E-state index is 12.0. The van der Waals surface area contributed by atoms with E-state index < -0.39 is 0 Å². The molecule has 0 aliphatic heterocycles. The molecule has 0 saturated carbocycles. The fourth-order valence-electron chi connectivity index (χ4n) is 2.50. The molecule has 0 radical (unpaired) electrons. The van der Waals surface area contributed by atoms with Crippen LogP contribution in [-0.2, 0) is 11.2 Å². The van der Waals surface area contributed by atoms with E-state index in [9.17, 15) is 9.59 Å². The van der Waals surface area contributed by atoms with Crippen molar-refractivity contribution in [1.29, 1.82) is 0 Å². The number of hydrazone groups is 1. The third-order valence-corrected chi connectivity index (χ3v) is 4.34. The predicted octanol–water partition coefficient (Wildman–Crippen LogP) is 2.78. The van der Waals surface area contributed by atoms with Gasteiger partial charge in [-0.3, -0.25) is 9.59 Å². The first kappa shape index (κ1) is 18.8. The van der Waals surface area contributed by atoms with Crippen LogP contribution in [0.3, 0.4) is 0 Å². The van der Waals surface area contributed by atoms with E-state index in [4.69, 9.17) is 4.74 Å². The van der Waals surface area contributed by atoms with Crippen molar-refractivity contribution in [3.05, 3.63) is 68.5 Å². The van der Waals surface area contributed by atoms with Crippen molar-refractivity contribution >= 4 is 39.1 Å². The van der Waals surface area contributed by atoms with Crippen LogP contribution in [0, 0.1) is 0 Å². The molecule has 0 spiro atoms. The summed E-state index contributed by atoms with van der Waals surface area (Å²) >= 11 is 3.38. The van der Waals surface area contributed by atoms with E-state index >= 15 is 0 Å². The second-order valence-electron chi connectivity index (χ2n) is 5.71. The molecule has 3 aromatic rings. The summed E-state index contributed by atoms with van der Waals surface area (Å²) < 4.78 is 6.11. The average molecular weight is 429 g/mol. The van der Waals surface area contributed by atoms with Crippen LogP contribution in [0.15, 0.2) is 56.8 Å². The van der Waals surface area contributed by atoms with Crippen LogP contribution in [-0.4, -0.2) is 29.2 Å². The topological polar surface area (TPSA) is 96.4 Å². The fraction of sp³-hybridized carbons (Fsp3) is 0.158. The first-order valence-corrected chi connectivity index (χ1v) is 8.99. The summed E-state index contributed by atoms with van der Waals surface area (Å²) in [5.41, 5.74) is 4.56. The average Bonchev–Trinajstić information content (AvgIpc) is 2.66. The molecule has 0 unspecified atom stereocenters. The summed E-state index contributed by atoms with van der Waals surface area (Å²) in [6.45, 7) is 0. The minimum absolute atomic E-state index is 0.0986. The summed E-state index contributed by atoms with van der Waals surface area (Å²) in [5.74, 6) is 0.331. The molecule has 27 heavy (non-hydrogen) atoms. The number of methoxy groups -OCH3 is 1. The molecular formula is C19H17BrN4O3. The van der Waals surface area contributed by atoms with Gasteiger partial charge in [0, 0.05) is 22.9 Å². The van der Waals surface area contributed by atoms with Crippen molar-refractivity contribution in [2.75, 3.05) is 7.11 Å². The van der Waals surface area contributed by atoms with E-state index in [-0.39, 0.29) is 24.3 Å². The molecule has 0 aliphatic carbocycles. The van der Waals surface area contributed by atoms with Gasteiger partial charge in [-0.05, 0) is 30.3 Å². The number of hydrogen-bond donors (Lipinski definition) is 2. The summed E-state index contributed by atoms with van der Waals surface area (Å²) in [6.07, 6.45) is 1.83. The maximum atomic E-state index is 12.0. The summed E-state index contributed by atoms with van der Waals surface area (Å²) in [5, 5.41) is 3.94. The Morgan fingerprint density at radius 2 is 2.15 bits per heavy atom. The van der Waals surface area contributed by atoms with Crippen LogP contribution in [0.2, 0.25) is 0 Å².